The molecule has 2 rings (SSSR count). The number of hydrogen-bond acceptors (Lipinski definition) is 8. The second kappa shape index (κ2) is 20.9. The normalized spacial score (nSPS) is 10.1. The van der Waals surface area contributed by atoms with Crippen LogP contribution in [0.5, 0.6) is 0 Å². The molecule has 3 N–H and O–H groups in total. The minimum absolute atomic E-state index is 0.0316. The lowest BCUT2D eigenvalue weighted by Crippen LogP contribution is -2.28. The highest BCUT2D eigenvalue weighted by molar-refractivity contribution is 6.01. The molecule has 0 aliphatic heterocycles. The van der Waals surface area contributed by atoms with E-state index in [-0.39, 0.29) is 30.7 Å². The first-order chi connectivity index (χ1) is 20.1. The van der Waals surface area contributed by atoms with E-state index in [0.29, 0.717) is 31.5 Å². The number of allylic oxidation sites excluding steroid dienone is 1. The van der Waals surface area contributed by atoms with Crippen LogP contribution >= 0.6 is 0 Å². The van der Waals surface area contributed by atoms with Gasteiger partial charge in [-0.25, -0.2) is 0 Å². The maximum atomic E-state index is 11.9. The first-order valence-corrected chi connectivity index (χ1v) is 13.7. The summed E-state index contributed by atoms with van der Waals surface area (Å²) in [5.74, 6) is -0.555. The van der Waals surface area contributed by atoms with Gasteiger partial charge in [0.05, 0.1) is 31.5 Å². The Bertz CT molecular complexity index is 1270. The van der Waals surface area contributed by atoms with E-state index in [1.165, 1.54) is 6.08 Å². The third kappa shape index (κ3) is 14.5. The number of nitrogens with zero attached hydrogens (tertiary/aromatic N) is 4. The van der Waals surface area contributed by atoms with Crippen molar-refractivity contribution in [3.8, 4) is 18.2 Å². The molecule has 0 atom stereocenters. The Morgan fingerprint density at radius 1 is 1.07 bits per heavy atom. The van der Waals surface area contributed by atoms with Gasteiger partial charge in [0.25, 0.3) is 12.4 Å². The fourth-order valence-electron chi connectivity index (χ4n) is 3.39. The number of benzene rings is 2. The Kier molecular flexibility index (Phi) is 18.5. The fraction of sp³-hybridized carbons (Fsp3) is 0.364. The van der Waals surface area contributed by atoms with Crippen molar-refractivity contribution in [1.82, 2.24) is 5.32 Å². The summed E-state index contributed by atoms with van der Waals surface area (Å²) in [6.45, 7) is 15.4. The van der Waals surface area contributed by atoms with E-state index in [1.54, 1.807) is 12.1 Å². The number of ether oxygens (including phenoxy) is 1. The van der Waals surface area contributed by atoms with Crippen molar-refractivity contribution in [1.29, 1.82) is 15.8 Å². The van der Waals surface area contributed by atoms with Crippen LogP contribution in [-0.4, -0.2) is 38.6 Å². The molecule has 9 nitrogen and oxygen atoms in total. The smallest absolute Gasteiger partial charge is 0.293 e. The van der Waals surface area contributed by atoms with Crippen LogP contribution in [0.3, 0.4) is 0 Å². The van der Waals surface area contributed by atoms with Crippen molar-refractivity contribution in [2.45, 2.75) is 53.0 Å². The van der Waals surface area contributed by atoms with Gasteiger partial charge in [0, 0.05) is 24.3 Å². The Morgan fingerprint density at radius 2 is 1.67 bits per heavy atom. The molecule has 0 radical (unpaired) electrons. The summed E-state index contributed by atoms with van der Waals surface area (Å²) in [5.41, 5.74) is 10.6. The largest absolute Gasteiger partial charge is 0.466 e. The van der Waals surface area contributed by atoms with Gasteiger partial charge in [-0.1, -0.05) is 56.3 Å². The summed E-state index contributed by atoms with van der Waals surface area (Å²) in [4.78, 5) is 23.9. The first-order valence-electron chi connectivity index (χ1n) is 13.7. The van der Waals surface area contributed by atoms with E-state index in [9.17, 15) is 9.59 Å². The van der Waals surface area contributed by atoms with Crippen LogP contribution in [0.2, 0.25) is 0 Å². The number of anilines is 1. The van der Waals surface area contributed by atoms with Crippen LogP contribution in [0.15, 0.2) is 60.7 Å². The van der Waals surface area contributed by atoms with Gasteiger partial charge >= 0.3 is 0 Å². The number of nitrogens with two attached hydrogens (primary N) is 1. The zero-order valence-corrected chi connectivity index (χ0v) is 25.3. The van der Waals surface area contributed by atoms with Gasteiger partial charge in [-0.15, -0.1) is 0 Å². The number of rotatable bonds is 13. The number of hydrogen-bond donors (Lipinski definition) is 2. The number of nitrogens with one attached hydrogen (secondary N) is 1. The second-order valence-electron chi connectivity index (χ2n) is 9.37. The topological polar surface area (TPSA) is 156 Å². The molecule has 0 spiro atoms. The Morgan fingerprint density at radius 3 is 2.14 bits per heavy atom. The minimum Gasteiger partial charge on any atom is -0.466 e. The van der Waals surface area contributed by atoms with Crippen LogP contribution in [0.4, 0.5) is 5.69 Å². The molecule has 0 saturated carbocycles. The highest BCUT2D eigenvalue weighted by atomic mass is 16.5. The zero-order valence-electron chi connectivity index (χ0n) is 25.3. The van der Waals surface area contributed by atoms with Crippen molar-refractivity contribution in [3.05, 3.63) is 77.4 Å². The molecule has 1 amide bonds. The quantitative estimate of drug-likeness (QED) is 0.139. The molecule has 0 fully saturated rings. The maximum Gasteiger partial charge on any atom is 0.293 e. The second-order valence-corrected chi connectivity index (χ2v) is 9.37. The van der Waals surface area contributed by atoms with E-state index in [2.05, 4.69) is 40.9 Å². The molecule has 222 valence electrons. The van der Waals surface area contributed by atoms with E-state index in [4.69, 9.17) is 21.5 Å². The van der Waals surface area contributed by atoms with Crippen molar-refractivity contribution in [2.75, 3.05) is 31.1 Å². The van der Waals surface area contributed by atoms with Gasteiger partial charge in [0.1, 0.15) is 18.2 Å². The number of nitriles is 3. The summed E-state index contributed by atoms with van der Waals surface area (Å²) in [6.07, 6.45) is 2.15. The summed E-state index contributed by atoms with van der Waals surface area (Å²) in [6, 6.07) is 21.4. The number of amides is 1. The molecule has 2 aromatic carbocycles. The number of carbonyl (C=O) groups excluding carboxylic acids is 2. The highest BCUT2D eigenvalue weighted by Gasteiger charge is 2.14. The van der Waals surface area contributed by atoms with Crippen LogP contribution in [-0.2, 0) is 19.9 Å². The van der Waals surface area contributed by atoms with Gasteiger partial charge in [-0.05, 0) is 61.7 Å². The van der Waals surface area contributed by atoms with E-state index in [1.807, 2.05) is 69.9 Å². The summed E-state index contributed by atoms with van der Waals surface area (Å²) in [7, 11) is 0. The SMILES string of the molecule is C=C(C)c1cccc(C(C)(C)N)c1.CC.N#CCCN(CCC#N)c1ccc(/C=C(\C#N)C(=O)NCCOC=O)cc1. The molecule has 0 aliphatic rings. The summed E-state index contributed by atoms with van der Waals surface area (Å²) < 4.78 is 4.46. The molecule has 0 bridgehead atoms. The third-order valence-electron chi connectivity index (χ3n) is 5.59. The molecule has 42 heavy (non-hydrogen) atoms. The first kappa shape index (κ1) is 37.1. The lowest BCUT2D eigenvalue weighted by Gasteiger charge is -2.22. The summed E-state index contributed by atoms with van der Waals surface area (Å²) in [5, 5.41) is 29.2. The van der Waals surface area contributed by atoms with Gasteiger partial charge in [0.15, 0.2) is 0 Å². The Labute approximate surface area is 250 Å². The van der Waals surface area contributed by atoms with E-state index >= 15 is 0 Å². The lowest BCUT2D eigenvalue weighted by atomic mass is 9.93. The third-order valence-corrected chi connectivity index (χ3v) is 5.59. The van der Waals surface area contributed by atoms with Crippen molar-refractivity contribution >= 4 is 29.7 Å². The van der Waals surface area contributed by atoms with Crippen molar-refractivity contribution in [3.63, 3.8) is 0 Å². The average Bonchev–Trinajstić information content (AvgIpc) is 2.99. The molecule has 0 unspecified atom stereocenters. The van der Waals surface area contributed by atoms with Crippen LogP contribution < -0.4 is 16.0 Å². The van der Waals surface area contributed by atoms with Crippen molar-refractivity contribution in [2.24, 2.45) is 5.73 Å². The number of carbonyl (C=O) groups is 2. The average molecular weight is 571 g/mol. The molecule has 0 saturated heterocycles. The lowest BCUT2D eigenvalue weighted by molar-refractivity contribution is -0.129. The van der Waals surface area contributed by atoms with Gasteiger partial charge in [0.2, 0.25) is 0 Å². The predicted octanol–water partition coefficient (Wildman–Crippen LogP) is 5.46. The van der Waals surface area contributed by atoms with Crippen LogP contribution in [0.25, 0.3) is 11.6 Å². The highest BCUT2D eigenvalue weighted by Crippen LogP contribution is 2.21. The molecule has 9 heteroatoms. The van der Waals surface area contributed by atoms with Crippen molar-refractivity contribution < 1.29 is 14.3 Å². The van der Waals surface area contributed by atoms with Crippen LogP contribution in [0, 0.1) is 34.0 Å². The monoisotopic (exact) mass is 570 g/mol. The fourth-order valence-corrected chi connectivity index (χ4v) is 3.39. The maximum absolute atomic E-state index is 11.9. The molecular weight excluding hydrogens is 528 g/mol. The zero-order chi connectivity index (χ0) is 32.0. The predicted molar refractivity (Wildman–Crippen MR) is 167 cm³/mol. The molecule has 0 heterocycles. The molecular formula is C33H42N6O3. The molecule has 0 aromatic heterocycles. The molecule has 0 aliphatic carbocycles. The van der Waals surface area contributed by atoms with Crippen LogP contribution in [0.1, 0.15) is 64.2 Å². The van der Waals surface area contributed by atoms with E-state index in [0.717, 1.165) is 22.4 Å². The Hall–Kier alpha value is -4.91. The van der Waals surface area contributed by atoms with E-state index < -0.39 is 5.91 Å². The van der Waals surface area contributed by atoms with Gasteiger partial charge < -0.3 is 20.7 Å². The molecule has 2 aromatic rings. The standard InChI is InChI=1S/C19H19N5O3.C12H17N.C2H6/c20-7-1-10-24(11-2-8-21)18-5-3-16(4-6-18)13-17(14-22)19(26)23-9-12-27-15-25;1-9(2)10-6-5-7-11(8-10)12(3,4)13;1-2/h3-6,13,15H,1-2,9-12H2,(H,23,26);5-8H,1,13H2,2-4H3;1-2H3/b17-13+;;. The minimum atomic E-state index is -0.555. The van der Waals surface area contributed by atoms with Gasteiger partial charge in [-0.2, -0.15) is 15.8 Å². The Balaban J connectivity index is 0.000000932. The summed E-state index contributed by atoms with van der Waals surface area (Å²) >= 11 is 0. The van der Waals surface area contributed by atoms with Gasteiger partial charge in [-0.3, -0.25) is 9.59 Å².